The second-order valence-electron chi connectivity index (χ2n) is 4.64. The highest BCUT2D eigenvalue weighted by molar-refractivity contribution is 7.80. The van der Waals surface area contributed by atoms with Gasteiger partial charge in [0.25, 0.3) is 0 Å². The summed E-state index contributed by atoms with van der Waals surface area (Å²) in [7, 11) is 0. The highest BCUT2D eigenvalue weighted by atomic mass is 32.1. The van der Waals surface area contributed by atoms with Gasteiger partial charge >= 0.3 is 0 Å². The van der Waals surface area contributed by atoms with Gasteiger partial charge in [0.15, 0.2) is 0 Å². The van der Waals surface area contributed by atoms with E-state index in [9.17, 15) is 4.79 Å². The third kappa shape index (κ3) is 3.13. The average Bonchev–Trinajstić information content (AvgIpc) is 2.92. The van der Waals surface area contributed by atoms with Gasteiger partial charge in [0.2, 0.25) is 5.91 Å². The predicted molar refractivity (Wildman–Crippen MR) is 74.7 cm³/mol. The van der Waals surface area contributed by atoms with Crippen molar-refractivity contribution in [2.24, 2.45) is 11.1 Å². The lowest BCUT2D eigenvalue weighted by Crippen LogP contribution is -2.52. The van der Waals surface area contributed by atoms with Crippen molar-refractivity contribution < 1.29 is 13.9 Å². The van der Waals surface area contributed by atoms with Crippen molar-refractivity contribution in [1.29, 1.82) is 0 Å². The molecule has 0 radical (unpaired) electrons. The Balaban J connectivity index is 1.91. The summed E-state index contributed by atoms with van der Waals surface area (Å²) >= 11 is 5.08. The maximum atomic E-state index is 12.3. The molecule has 5 nitrogen and oxygen atoms in total. The quantitative estimate of drug-likeness (QED) is 0.789. The van der Waals surface area contributed by atoms with Crippen molar-refractivity contribution in [3.63, 3.8) is 0 Å². The molecule has 1 amide bonds. The van der Waals surface area contributed by atoms with Crippen molar-refractivity contribution >= 4 is 23.1 Å². The Morgan fingerprint density at radius 2 is 2.21 bits per heavy atom. The number of ether oxygens (including phenoxy) is 1. The summed E-state index contributed by atoms with van der Waals surface area (Å²) in [6, 6.07) is 3.70. The predicted octanol–water partition coefficient (Wildman–Crippen LogP) is 1.02. The van der Waals surface area contributed by atoms with Crippen LogP contribution in [0.3, 0.4) is 0 Å². The molecule has 1 fully saturated rings. The lowest BCUT2D eigenvalue weighted by molar-refractivity contribution is -0.131. The fourth-order valence-electron chi connectivity index (χ4n) is 2.23. The first-order valence-electron chi connectivity index (χ1n) is 6.33. The summed E-state index contributed by atoms with van der Waals surface area (Å²) in [4.78, 5) is 12.6. The number of hydrogen-bond donors (Lipinski definition) is 2. The van der Waals surface area contributed by atoms with Gasteiger partial charge in [-0.3, -0.25) is 4.79 Å². The van der Waals surface area contributed by atoms with E-state index in [-0.39, 0.29) is 10.9 Å². The summed E-state index contributed by atoms with van der Waals surface area (Å²) in [6.45, 7) is 1.55. The number of amides is 1. The molecule has 3 N–H and O–H groups in total. The van der Waals surface area contributed by atoms with Gasteiger partial charge in [0, 0.05) is 26.2 Å². The number of furan rings is 1. The monoisotopic (exact) mass is 282 g/mol. The molecule has 2 heterocycles. The van der Waals surface area contributed by atoms with E-state index in [2.05, 4.69) is 5.32 Å². The smallest absolute Gasteiger partial charge is 0.233 e. The highest BCUT2D eigenvalue weighted by Gasteiger charge is 2.42. The Morgan fingerprint density at radius 3 is 2.79 bits per heavy atom. The summed E-state index contributed by atoms with van der Waals surface area (Å²) in [5.41, 5.74) is 5.01. The van der Waals surface area contributed by atoms with Crippen molar-refractivity contribution in [2.75, 3.05) is 19.8 Å². The van der Waals surface area contributed by atoms with E-state index in [0.29, 0.717) is 39.0 Å². The molecule has 1 aromatic rings. The van der Waals surface area contributed by atoms with Crippen LogP contribution in [0.15, 0.2) is 22.8 Å². The van der Waals surface area contributed by atoms with Gasteiger partial charge in [0.1, 0.15) is 11.2 Å². The van der Waals surface area contributed by atoms with Crippen LogP contribution in [0.4, 0.5) is 0 Å². The number of hydrogen-bond acceptors (Lipinski definition) is 4. The fourth-order valence-corrected chi connectivity index (χ4v) is 2.53. The Morgan fingerprint density at radius 1 is 1.47 bits per heavy atom. The first kappa shape index (κ1) is 14.0. The summed E-state index contributed by atoms with van der Waals surface area (Å²) < 4.78 is 10.5. The van der Waals surface area contributed by atoms with Gasteiger partial charge in [0.05, 0.1) is 11.3 Å². The van der Waals surface area contributed by atoms with Crippen molar-refractivity contribution in [3.05, 3.63) is 24.2 Å². The minimum absolute atomic E-state index is 0.102. The SMILES string of the molecule is NC(=S)C1(C(=O)NCCc2ccco2)CCOCC1. The average molecular weight is 282 g/mol. The lowest BCUT2D eigenvalue weighted by atomic mass is 9.79. The standard InChI is InChI=1S/C13H18N2O3S/c14-11(19)13(4-8-17-9-5-13)12(16)15-6-3-10-2-1-7-18-10/h1-2,7H,3-6,8-9H2,(H2,14,19)(H,15,16). The second-order valence-corrected chi connectivity index (χ2v) is 5.08. The number of nitrogens with one attached hydrogen (secondary N) is 1. The first-order chi connectivity index (χ1) is 9.15. The molecule has 6 heteroatoms. The van der Waals surface area contributed by atoms with Crippen molar-refractivity contribution in [3.8, 4) is 0 Å². The molecular weight excluding hydrogens is 264 g/mol. The third-order valence-corrected chi connectivity index (χ3v) is 3.88. The molecule has 0 bridgehead atoms. The van der Waals surface area contributed by atoms with Gasteiger partial charge in [-0.1, -0.05) is 12.2 Å². The first-order valence-corrected chi connectivity index (χ1v) is 6.74. The molecule has 2 rings (SSSR count). The molecule has 0 spiro atoms. The van der Waals surface area contributed by atoms with Crippen molar-refractivity contribution in [2.45, 2.75) is 19.3 Å². The van der Waals surface area contributed by atoms with Crippen LogP contribution in [-0.2, 0) is 16.0 Å². The summed E-state index contributed by atoms with van der Waals surface area (Å²) in [6.07, 6.45) is 3.37. The molecule has 19 heavy (non-hydrogen) atoms. The maximum Gasteiger partial charge on any atom is 0.233 e. The van der Waals surface area contributed by atoms with Gasteiger partial charge in [-0.25, -0.2) is 0 Å². The Kier molecular flexibility index (Phi) is 4.55. The molecule has 0 aromatic carbocycles. The minimum atomic E-state index is -0.753. The minimum Gasteiger partial charge on any atom is -0.469 e. The number of rotatable bonds is 5. The van der Waals surface area contributed by atoms with E-state index in [4.69, 9.17) is 27.1 Å². The zero-order chi connectivity index (χ0) is 13.7. The number of nitrogens with two attached hydrogens (primary N) is 1. The van der Waals surface area contributed by atoms with E-state index in [1.54, 1.807) is 6.26 Å². The number of carbonyl (C=O) groups is 1. The fraction of sp³-hybridized carbons (Fsp3) is 0.538. The van der Waals surface area contributed by atoms with Crippen LogP contribution in [0.2, 0.25) is 0 Å². The zero-order valence-electron chi connectivity index (χ0n) is 10.7. The Labute approximate surface area is 117 Å². The molecule has 1 aromatic heterocycles. The Hall–Kier alpha value is -1.40. The van der Waals surface area contributed by atoms with E-state index in [0.717, 1.165) is 5.76 Å². The molecule has 1 aliphatic rings. The molecule has 0 aliphatic carbocycles. The number of thiocarbonyl (C=S) groups is 1. The third-order valence-electron chi connectivity index (χ3n) is 3.49. The molecule has 0 atom stereocenters. The summed E-state index contributed by atoms with van der Waals surface area (Å²) in [5.74, 6) is 0.742. The molecule has 104 valence electrons. The van der Waals surface area contributed by atoms with Crippen molar-refractivity contribution in [1.82, 2.24) is 5.32 Å². The van der Waals surface area contributed by atoms with Crippen LogP contribution < -0.4 is 11.1 Å². The highest BCUT2D eigenvalue weighted by Crippen LogP contribution is 2.31. The molecule has 0 unspecified atom stereocenters. The van der Waals surface area contributed by atoms with Crippen LogP contribution in [0.25, 0.3) is 0 Å². The van der Waals surface area contributed by atoms with Gasteiger partial charge in [-0.05, 0) is 25.0 Å². The topological polar surface area (TPSA) is 77.5 Å². The summed E-state index contributed by atoms with van der Waals surface area (Å²) in [5, 5.41) is 2.89. The molecule has 0 saturated carbocycles. The normalized spacial score (nSPS) is 17.9. The lowest BCUT2D eigenvalue weighted by Gasteiger charge is -2.34. The van der Waals surface area contributed by atoms with Crippen LogP contribution in [0.1, 0.15) is 18.6 Å². The Bertz CT molecular complexity index is 439. The molecule has 1 aliphatic heterocycles. The van der Waals surface area contributed by atoms with Crippen LogP contribution in [0, 0.1) is 5.41 Å². The molecule has 1 saturated heterocycles. The zero-order valence-corrected chi connectivity index (χ0v) is 11.5. The molecular formula is C13H18N2O3S. The maximum absolute atomic E-state index is 12.3. The van der Waals surface area contributed by atoms with Crippen LogP contribution in [-0.4, -0.2) is 30.7 Å². The van der Waals surface area contributed by atoms with Crippen LogP contribution >= 0.6 is 12.2 Å². The van der Waals surface area contributed by atoms with Crippen LogP contribution in [0.5, 0.6) is 0 Å². The van der Waals surface area contributed by atoms with E-state index >= 15 is 0 Å². The van der Waals surface area contributed by atoms with Gasteiger partial charge in [-0.15, -0.1) is 0 Å². The second kappa shape index (κ2) is 6.16. The largest absolute Gasteiger partial charge is 0.469 e. The van der Waals surface area contributed by atoms with E-state index in [1.807, 2.05) is 12.1 Å². The number of carbonyl (C=O) groups excluding carboxylic acids is 1. The van der Waals surface area contributed by atoms with E-state index < -0.39 is 5.41 Å². The van der Waals surface area contributed by atoms with Gasteiger partial charge < -0.3 is 20.2 Å². The van der Waals surface area contributed by atoms with E-state index in [1.165, 1.54) is 0 Å². The van der Waals surface area contributed by atoms with Gasteiger partial charge in [-0.2, -0.15) is 0 Å².